The average molecular weight is 254 g/mol. The van der Waals surface area contributed by atoms with Gasteiger partial charge in [-0.15, -0.1) is 0 Å². The standard InChI is InChI=1S/C11H18N4OS/c1-13-11(12)15-6-7-17-8-9-10(16-2)4-3-5-14-9/h3-5H,6-8H2,1-2H3,(H3,12,13,15). The molecule has 0 aliphatic carbocycles. The molecule has 3 N–H and O–H groups in total. The van der Waals surface area contributed by atoms with E-state index in [9.17, 15) is 0 Å². The first-order valence-corrected chi connectivity index (χ1v) is 6.45. The summed E-state index contributed by atoms with van der Waals surface area (Å²) in [4.78, 5) is 8.10. The molecular weight excluding hydrogens is 236 g/mol. The number of thioether (sulfide) groups is 1. The maximum atomic E-state index is 5.51. The largest absolute Gasteiger partial charge is 0.495 e. The van der Waals surface area contributed by atoms with Crippen molar-refractivity contribution in [2.75, 3.05) is 26.5 Å². The molecule has 0 unspecified atom stereocenters. The second kappa shape index (κ2) is 7.78. The molecule has 0 aromatic carbocycles. The molecule has 17 heavy (non-hydrogen) atoms. The highest BCUT2D eigenvalue weighted by atomic mass is 32.2. The molecule has 5 nitrogen and oxygen atoms in total. The Kier molecular flexibility index (Phi) is 6.24. The molecule has 0 spiro atoms. The fourth-order valence-electron chi connectivity index (χ4n) is 1.22. The molecule has 1 aromatic heterocycles. The fourth-order valence-corrected chi connectivity index (χ4v) is 2.02. The van der Waals surface area contributed by atoms with E-state index in [-0.39, 0.29) is 0 Å². The lowest BCUT2D eigenvalue weighted by atomic mass is 10.3. The molecule has 0 radical (unpaired) electrons. The van der Waals surface area contributed by atoms with Crippen molar-refractivity contribution in [2.24, 2.45) is 10.7 Å². The van der Waals surface area contributed by atoms with E-state index in [0.717, 1.165) is 29.5 Å². The minimum atomic E-state index is 0.473. The van der Waals surface area contributed by atoms with Gasteiger partial charge in [-0.25, -0.2) is 0 Å². The summed E-state index contributed by atoms with van der Waals surface area (Å²) in [5.41, 5.74) is 6.48. The summed E-state index contributed by atoms with van der Waals surface area (Å²) in [7, 11) is 3.32. The van der Waals surface area contributed by atoms with Crippen LogP contribution in [0.1, 0.15) is 5.69 Å². The van der Waals surface area contributed by atoms with Crippen LogP contribution in [0.15, 0.2) is 23.3 Å². The van der Waals surface area contributed by atoms with E-state index >= 15 is 0 Å². The van der Waals surface area contributed by atoms with Gasteiger partial charge in [0.1, 0.15) is 5.75 Å². The van der Waals surface area contributed by atoms with E-state index < -0.39 is 0 Å². The molecule has 0 saturated carbocycles. The van der Waals surface area contributed by atoms with Gasteiger partial charge in [-0.3, -0.25) is 9.98 Å². The third-order valence-electron chi connectivity index (χ3n) is 2.10. The summed E-state index contributed by atoms with van der Waals surface area (Å²) in [5, 5.41) is 3.00. The van der Waals surface area contributed by atoms with Crippen LogP contribution < -0.4 is 15.8 Å². The van der Waals surface area contributed by atoms with Gasteiger partial charge >= 0.3 is 0 Å². The van der Waals surface area contributed by atoms with Crippen molar-refractivity contribution in [1.29, 1.82) is 0 Å². The van der Waals surface area contributed by atoms with E-state index in [1.54, 1.807) is 32.1 Å². The Labute approximate surface area is 106 Å². The Balaban J connectivity index is 2.26. The van der Waals surface area contributed by atoms with Crippen LogP contribution in [0.25, 0.3) is 0 Å². The zero-order valence-electron chi connectivity index (χ0n) is 10.1. The Hall–Kier alpha value is -1.43. The number of guanidine groups is 1. The van der Waals surface area contributed by atoms with Gasteiger partial charge in [-0.1, -0.05) is 0 Å². The third kappa shape index (κ3) is 4.95. The smallest absolute Gasteiger partial charge is 0.188 e. The molecule has 1 rings (SSSR count). The quantitative estimate of drug-likeness (QED) is 0.447. The van der Waals surface area contributed by atoms with Gasteiger partial charge < -0.3 is 15.8 Å². The normalized spacial score (nSPS) is 11.3. The molecule has 0 atom stereocenters. The molecule has 0 aliphatic rings. The number of rotatable bonds is 6. The van der Waals surface area contributed by atoms with Crippen LogP contribution in [0.5, 0.6) is 5.75 Å². The van der Waals surface area contributed by atoms with Gasteiger partial charge in [0, 0.05) is 31.3 Å². The maximum absolute atomic E-state index is 5.51. The highest BCUT2D eigenvalue weighted by Gasteiger charge is 2.02. The molecular formula is C11H18N4OS. The first-order valence-electron chi connectivity index (χ1n) is 5.29. The number of hydrogen-bond acceptors (Lipinski definition) is 4. The number of aliphatic imine (C=N–C) groups is 1. The number of pyridine rings is 1. The van der Waals surface area contributed by atoms with Gasteiger partial charge in [0.05, 0.1) is 12.8 Å². The van der Waals surface area contributed by atoms with E-state index in [4.69, 9.17) is 10.5 Å². The molecule has 0 fully saturated rings. The van der Waals surface area contributed by atoms with Crippen LogP contribution in [0, 0.1) is 0 Å². The predicted molar refractivity (Wildman–Crippen MR) is 72.5 cm³/mol. The van der Waals surface area contributed by atoms with E-state index in [0.29, 0.717) is 5.96 Å². The Morgan fingerprint density at radius 1 is 1.65 bits per heavy atom. The Morgan fingerprint density at radius 3 is 3.18 bits per heavy atom. The fraction of sp³-hybridized carbons (Fsp3) is 0.455. The first-order chi connectivity index (χ1) is 8.27. The summed E-state index contributed by atoms with van der Waals surface area (Å²) in [6, 6.07) is 3.79. The number of nitrogens with two attached hydrogens (primary N) is 1. The number of aromatic nitrogens is 1. The van der Waals surface area contributed by atoms with Crippen LogP contribution in [0.4, 0.5) is 0 Å². The number of nitrogens with one attached hydrogen (secondary N) is 1. The lowest BCUT2D eigenvalue weighted by Gasteiger charge is -2.07. The van der Waals surface area contributed by atoms with Crippen molar-refractivity contribution in [1.82, 2.24) is 10.3 Å². The SMILES string of the molecule is CN=C(N)NCCSCc1ncccc1OC. The van der Waals surface area contributed by atoms with Crippen molar-refractivity contribution in [2.45, 2.75) is 5.75 Å². The zero-order chi connectivity index (χ0) is 12.5. The highest BCUT2D eigenvalue weighted by Crippen LogP contribution is 2.19. The topological polar surface area (TPSA) is 72.5 Å². The Morgan fingerprint density at radius 2 is 2.47 bits per heavy atom. The summed E-state index contributed by atoms with van der Waals surface area (Å²) < 4.78 is 5.23. The van der Waals surface area contributed by atoms with Crippen molar-refractivity contribution in [3.8, 4) is 5.75 Å². The number of ether oxygens (including phenoxy) is 1. The molecule has 1 heterocycles. The number of hydrogen-bond donors (Lipinski definition) is 2. The molecule has 6 heteroatoms. The van der Waals surface area contributed by atoms with Crippen molar-refractivity contribution in [3.63, 3.8) is 0 Å². The predicted octanol–water partition coefficient (Wildman–Crippen LogP) is 0.857. The molecule has 0 saturated heterocycles. The lowest BCUT2D eigenvalue weighted by Crippen LogP contribution is -2.32. The molecule has 1 aromatic rings. The minimum absolute atomic E-state index is 0.473. The number of nitrogens with zero attached hydrogens (tertiary/aromatic N) is 2. The molecule has 0 amide bonds. The van der Waals surface area contributed by atoms with Crippen LogP contribution >= 0.6 is 11.8 Å². The maximum Gasteiger partial charge on any atom is 0.188 e. The molecule has 0 aliphatic heterocycles. The van der Waals surface area contributed by atoms with Crippen LogP contribution in [-0.2, 0) is 5.75 Å². The van der Waals surface area contributed by atoms with Gasteiger partial charge in [-0.2, -0.15) is 11.8 Å². The van der Waals surface area contributed by atoms with Crippen LogP contribution in [-0.4, -0.2) is 37.4 Å². The highest BCUT2D eigenvalue weighted by molar-refractivity contribution is 7.98. The van der Waals surface area contributed by atoms with Crippen LogP contribution in [0.2, 0.25) is 0 Å². The monoisotopic (exact) mass is 254 g/mol. The summed E-state index contributed by atoms with van der Waals surface area (Å²) in [6.07, 6.45) is 1.78. The van der Waals surface area contributed by atoms with Gasteiger partial charge in [0.2, 0.25) is 0 Å². The van der Waals surface area contributed by atoms with Gasteiger partial charge in [-0.05, 0) is 12.1 Å². The summed E-state index contributed by atoms with van der Waals surface area (Å²) in [6.45, 7) is 0.795. The second-order valence-electron chi connectivity index (χ2n) is 3.24. The van der Waals surface area contributed by atoms with Crippen LogP contribution in [0.3, 0.4) is 0 Å². The average Bonchev–Trinajstić information content (AvgIpc) is 2.38. The van der Waals surface area contributed by atoms with E-state index in [1.807, 2.05) is 12.1 Å². The van der Waals surface area contributed by atoms with E-state index in [2.05, 4.69) is 15.3 Å². The number of methoxy groups -OCH3 is 1. The molecule has 0 bridgehead atoms. The summed E-state index contributed by atoms with van der Waals surface area (Å²) >= 11 is 1.77. The second-order valence-corrected chi connectivity index (χ2v) is 4.35. The zero-order valence-corrected chi connectivity index (χ0v) is 11.0. The molecule has 94 valence electrons. The van der Waals surface area contributed by atoms with Crippen molar-refractivity contribution in [3.05, 3.63) is 24.0 Å². The Bertz CT molecular complexity index is 370. The first kappa shape index (κ1) is 13.6. The summed E-state index contributed by atoms with van der Waals surface area (Å²) in [5.74, 6) is 3.08. The van der Waals surface area contributed by atoms with Gasteiger partial charge in [0.25, 0.3) is 0 Å². The minimum Gasteiger partial charge on any atom is -0.495 e. The van der Waals surface area contributed by atoms with E-state index in [1.165, 1.54) is 0 Å². The van der Waals surface area contributed by atoms with Crippen molar-refractivity contribution >= 4 is 17.7 Å². The van der Waals surface area contributed by atoms with Gasteiger partial charge in [0.15, 0.2) is 5.96 Å². The third-order valence-corrected chi connectivity index (χ3v) is 3.07. The lowest BCUT2D eigenvalue weighted by molar-refractivity contribution is 0.409. The van der Waals surface area contributed by atoms with Crippen molar-refractivity contribution < 1.29 is 4.74 Å².